The molecule has 2 aliphatic heterocycles. The molecule has 2 fully saturated rings. The van der Waals surface area contributed by atoms with Crippen molar-refractivity contribution in [1.29, 1.82) is 0 Å². The lowest BCUT2D eigenvalue weighted by Gasteiger charge is -2.34. The van der Waals surface area contributed by atoms with Crippen LogP contribution < -0.4 is 15.1 Å². The predicted molar refractivity (Wildman–Crippen MR) is 102 cm³/mol. The minimum atomic E-state index is -0.00945. The van der Waals surface area contributed by atoms with Crippen LogP contribution in [0, 0.1) is 0 Å². The highest BCUT2D eigenvalue weighted by Crippen LogP contribution is 2.23. The fourth-order valence-electron chi connectivity index (χ4n) is 3.89. The number of aromatic nitrogens is 3. The van der Waals surface area contributed by atoms with Gasteiger partial charge in [0.15, 0.2) is 0 Å². The maximum absolute atomic E-state index is 12.5. The highest BCUT2D eigenvalue weighted by molar-refractivity contribution is 5.92. The van der Waals surface area contributed by atoms with Crippen LogP contribution in [-0.4, -0.2) is 52.7 Å². The number of hydrogen-bond donors (Lipinski definition) is 1. The fourth-order valence-corrected chi connectivity index (χ4v) is 3.89. The SMILES string of the molecule is Cn1cccc1C(=O)N[C@H]1CCCN(c2cc(N3CCCC3)ncn2)C1. The molecule has 2 saturated heterocycles. The van der Waals surface area contributed by atoms with Gasteiger partial charge in [0, 0.05) is 51.5 Å². The second kappa shape index (κ2) is 7.35. The maximum Gasteiger partial charge on any atom is 0.268 e. The number of rotatable bonds is 4. The molecule has 2 aromatic rings. The molecule has 0 unspecified atom stereocenters. The Labute approximate surface area is 154 Å². The first-order valence-electron chi connectivity index (χ1n) is 9.45. The number of aryl methyl sites for hydroxylation is 1. The normalized spacial score (nSPS) is 20.4. The average molecular weight is 354 g/mol. The molecule has 0 radical (unpaired) electrons. The molecular weight excluding hydrogens is 328 g/mol. The first-order valence-corrected chi connectivity index (χ1v) is 9.45. The Morgan fingerprint density at radius 3 is 2.58 bits per heavy atom. The summed E-state index contributed by atoms with van der Waals surface area (Å²) in [6.07, 6.45) is 8.06. The average Bonchev–Trinajstić information content (AvgIpc) is 3.34. The van der Waals surface area contributed by atoms with Gasteiger partial charge in [0.1, 0.15) is 23.7 Å². The highest BCUT2D eigenvalue weighted by atomic mass is 16.2. The first kappa shape index (κ1) is 16.9. The van der Waals surface area contributed by atoms with Crippen LogP contribution >= 0.6 is 0 Å². The summed E-state index contributed by atoms with van der Waals surface area (Å²) in [5, 5.41) is 3.18. The Kier molecular flexibility index (Phi) is 4.77. The number of amides is 1. The minimum Gasteiger partial charge on any atom is -0.356 e. The zero-order valence-electron chi connectivity index (χ0n) is 15.3. The summed E-state index contributed by atoms with van der Waals surface area (Å²) in [7, 11) is 1.89. The third-order valence-electron chi connectivity index (χ3n) is 5.33. The van der Waals surface area contributed by atoms with Crippen molar-refractivity contribution >= 4 is 17.5 Å². The summed E-state index contributed by atoms with van der Waals surface area (Å²) in [4.78, 5) is 26.0. The zero-order valence-corrected chi connectivity index (χ0v) is 15.3. The van der Waals surface area contributed by atoms with Crippen LogP contribution in [0.2, 0.25) is 0 Å². The zero-order chi connectivity index (χ0) is 17.9. The summed E-state index contributed by atoms with van der Waals surface area (Å²) < 4.78 is 1.85. The van der Waals surface area contributed by atoms with Crippen LogP contribution in [0.4, 0.5) is 11.6 Å². The quantitative estimate of drug-likeness (QED) is 0.907. The van der Waals surface area contributed by atoms with E-state index in [1.54, 1.807) is 6.33 Å². The molecule has 0 saturated carbocycles. The molecule has 7 nitrogen and oxygen atoms in total. The molecule has 4 heterocycles. The number of piperidine rings is 1. The van der Waals surface area contributed by atoms with Crippen molar-refractivity contribution in [1.82, 2.24) is 19.9 Å². The van der Waals surface area contributed by atoms with Crippen molar-refractivity contribution < 1.29 is 4.79 Å². The third kappa shape index (κ3) is 3.52. The monoisotopic (exact) mass is 354 g/mol. The molecule has 138 valence electrons. The van der Waals surface area contributed by atoms with Crippen LogP contribution in [0.15, 0.2) is 30.7 Å². The minimum absolute atomic E-state index is 0.00945. The highest BCUT2D eigenvalue weighted by Gasteiger charge is 2.24. The lowest BCUT2D eigenvalue weighted by molar-refractivity contribution is 0.0925. The third-order valence-corrected chi connectivity index (χ3v) is 5.33. The number of carbonyl (C=O) groups excluding carboxylic acids is 1. The fraction of sp³-hybridized carbons (Fsp3) is 0.526. The second-order valence-corrected chi connectivity index (χ2v) is 7.19. The van der Waals surface area contributed by atoms with Gasteiger partial charge < -0.3 is 19.7 Å². The maximum atomic E-state index is 12.5. The number of anilines is 2. The lowest BCUT2D eigenvalue weighted by Crippen LogP contribution is -2.48. The topological polar surface area (TPSA) is 66.3 Å². The molecule has 0 aliphatic carbocycles. The van der Waals surface area contributed by atoms with Gasteiger partial charge in [-0.15, -0.1) is 0 Å². The van der Waals surface area contributed by atoms with Crippen LogP contribution in [-0.2, 0) is 7.05 Å². The molecule has 2 aliphatic rings. The van der Waals surface area contributed by atoms with Gasteiger partial charge >= 0.3 is 0 Å². The van der Waals surface area contributed by atoms with Crippen LogP contribution in [0.1, 0.15) is 36.2 Å². The Balaban J connectivity index is 1.43. The van der Waals surface area contributed by atoms with E-state index >= 15 is 0 Å². The Bertz CT molecular complexity index is 767. The van der Waals surface area contributed by atoms with E-state index in [-0.39, 0.29) is 11.9 Å². The van der Waals surface area contributed by atoms with E-state index in [0.29, 0.717) is 5.69 Å². The smallest absolute Gasteiger partial charge is 0.268 e. The van der Waals surface area contributed by atoms with E-state index < -0.39 is 0 Å². The van der Waals surface area contributed by atoms with Crippen LogP contribution in [0.25, 0.3) is 0 Å². The van der Waals surface area contributed by atoms with Gasteiger partial charge in [-0.3, -0.25) is 4.79 Å². The molecule has 0 aromatic carbocycles. The lowest BCUT2D eigenvalue weighted by atomic mass is 10.1. The van der Waals surface area contributed by atoms with E-state index in [4.69, 9.17) is 0 Å². The van der Waals surface area contributed by atoms with Gasteiger partial charge in [-0.25, -0.2) is 9.97 Å². The number of nitrogens with one attached hydrogen (secondary N) is 1. The van der Waals surface area contributed by atoms with Crippen LogP contribution in [0.3, 0.4) is 0 Å². The molecule has 1 N–H and O–H groups in total. The van der Waals surface area contributed by atoms with Gasteiger partial charge in [0.05, 0.1) is 0 Å². The van der Waals surface area contributed by atoms with E-state index in [0.717, 1.165) is 50.7 Å². The molecule has 2 aromatic heterocycles. The summed E-state index contributed by atoms with van der Waals surface area (Å²) >= 11 is 0. The van der Waals surface area contributed by atoms with Crippen LogP contribution in [0.5, 0.6) is 0 Å². The first-order chi connectivity index (χ1) is 12.7. The summed E-state index contributed by atoms with van der Waals surface area (Å²) in [5.74, 6) is 1.96. The van der Waals surface area contributed by atoms with Gasteiger partial charge in [-0.05, 0) is 37.8 Å². The summed E-state index contributed by atoms with van der Waals surface area (Å²) in [6, 6.07) is 5.97. The number of hydrogen-bond acceptors (Lipinski definition) is 5. The molecule has 0 bridgehead atoms. The molecule has 26 heavy (non-hydrogen) atoms. The van der Waals surface area contributed by atoms with E-state index in [9.17, 15) is 4.79 Å². The molecule has 0 spiro atoms. The van der Waals surface area contributed by atoms with Crippen molar-refractivity contribution in [3.05, 3.63) is 36.4 Å². The van der Waals surface area contributed by atoms with Gasteiger partial charge in [-0.2, -0.15) is 0 Å². The van der Waals surface area contributed by atoms with Gasteiger partial charge in [-0.1, -0.05) is 0 Å². The number of nitrogens with zero attached hydrogens (tertiary/aromatic N) is 5. The van der Waals surface area contributed by atoms with E-state index in [2.05, 4.69) is 31.2 Å². The Morgan fingerprint density at radius 1 is 1.12 bits per heavy atom. The van der Waals surface area contributed by atoms with E-state index in [1.165, 1.54) is 12.8 Å². The molecule has 7 heteroatoms. The van der Waals surface area contributed by atoms with Crippen molar-refractivity contribution in [2.75, 3.05) is 36.0 Å². The molecular formula is C19H26N6O. The van der Waals surface area contributed by atoms with Crippen molar-refractivity contribution in [3.8, 4) is 0 Å². The molecule has 4 rings (SSSR count). The van der Waals surface area contributed by atoms with Crippen molar-refractivity contribution in [3.63, 3.8) is 0 Å². The second-order valence-electron chi connectivity index (χ2n) is 7.19. The summed E-state index contributed by atoms with van der Waals surface area (Å²) in [6.45, 7) is 3.90. The number of carbonyl (C=O) groups is 1. The molecule has 1 atom stereocenters. The predicted octanol–water partition coefficient (Wildman–Crippen LogP) is 1.81. The molecule has 1 amide bonds. The van der Waals surface area contributed by atoms with E-state index in [1.807, 2.05) is 29.9 Å². The van der Waals surface area contributed by atoms with Gasteiger partial charge in [0.25, 0.3) is 5.91 Å². The standard InChI is InChI=1S/C19H26N6O/c1-23-8-5-7-16(23)19(26)22-15-6-4-11-25(13-15)18-12-17(20-14-21-18)24-9-2-3-10-24/h5,7-8,12,14-15H,2-4,6,9-11,13H2,1H3,(H,22,26)/t15-/m0/s1. The Hall–Kier alpha value is -2.57. The summed E-state index contributed by atoms with van der Waals surface area (Å²) in [5.41, 5.74) is 0.695. The van der Waals surface area contributed by atoms with Gasteiger partial charge in [0.2, 0.25) is 0 Å². The van der Waals surface area contributed by atoms with Crippen molar-refractivity contribution in [2.24, 2.45) is 7.05 Å². The van der Waals surface area contributed by atoms with Crippen molar-refractivity contribution in [2.45, 2.75) is 31.7 Å². The Morgan fingerprint density at radius 2 is 1.85 bits per heavy atom. The largest absolute Gasteiger partial charge is 0.356 e.